The highest BCUT2D eigenvalue weighted by Gasteiger charge is 2.32. The van der Waals surface area contributed by atoms with Crippen LogP contribution in [0.15, 0.2) is 36.7 Å². The number of methoxy groups -OCH3 is 1. The Morgan fingerprint density at radius 2 is 2.19 bits per heavy atom. The minimum absolute atomic E-state index is 0.000796. The van der Waals surface area contributed by atoms with Gasteiger partial charge in [-0.1, -0.05) is 12.1 Å². The predicted octanol–water partition coefficient (Wildman–Crippen LogP) is 2.79. The maximum Gasteiger partial charge on any atom is 0.223 e. The third-order valence-corrected chi connectivity index (χ3v) is 5.46. The number of benzene rings is 1. The van der Waals surface area contributed by atoms with E-state index < -0.39 is 0 Å². The molecule has 0 aliphatic carbocycles. The first-order valence-corrected chi connectivity index (χ1v) is 9.26. The van der Waals surface area contributed by atoms with E-state index in [1.165, 1.54) is 0 Å². The zero-order chi connectivity index (χ0) is 17.9. The molecule has 0 spiro atoms. The van der Waals surface area contributed by atoms with E-state index in [-0.39, 0.29) is 11.9 Å². The number of amides is 1. The van der Waals surface area contributed by atoms with Crippen molar-refractivity contribution < 1.29 is 14.3 Å². The van der Waals surface area contributed by atoms with Gasteiger partial charge in [-0.15, -0.1) is 0 Å². The highest BCUT2D eigenvalue weighted by atomic mass is 16.5. The Morgan fingerprint density at radius 3 is 3.00 bits per heavy atom. The quantitative estimate of drug-likeness (QED) is 0.846. The highest BCUT2D eigenvalue weighted by molar-refractivity contribution is 5.77. The van der Waals surface area contributed by atoms with E-state index in [1.807, 2.05) is 35.5 Å². The predicted molar refractivity (Wildman–Crippen MR) is 96.7 cm³/mol. The average Bonchev–Trinajstić information content (AvgIpc) is 3.15. The van der Waals surface area contributed by atoms with Crippen molar-refractivity contribution in [2.45, 2.75) is 38.4 Å². The van der Waals surface area contributed by atoms with E-state index in [9.17, 15) is 4.79 Å². The zero-order valence-corrected chi connectivity index (χ0v) is 15.1. The van der Waals surface area contributed by atoms with E-state index in [1.54, 1.807) is 7.11 Å². The molecule has 138 valence electrons. The molecule has 0 unspecified atom stereocenters. The van der Waals surface area contributed by atoms with Crippen molar-refractivity contribution >= 4 is 5.91 Å². The van der Waals surface area contributed by atoms with Gasteiger partial charge in [0, 0.05) is 38.6 Å². The first-order valence-electron chi connectivity index (χ1n) is 9.26. The lowest BCUT2D eigenvalue weighted by Gasteiger charge is -2.37. The lowest BCUT2D eigenvalue weighted by atomic mass is 9.94. The molecule has 0 N–H and O–H groups in total. The molecular weight excluding hydrogens is 330 g/mol. The molecular formula is C20H25N3O3. The van der Waals surface area contributed by atoms with Crippen molar-refractivity contribution in [3.8, 4) is 5.75 Å². The fourth-order valence-electron chi connectivity index (χ4n) is 3.92. The monoisotopic (exact) mass is 355 g/mol. The molecule has 1 atom stereocenters. The van der Waals surface area contributed by atoms with Gasteiger partial charge in [-0.2, -0.15) is 0 Å². The molecule has 0 radical (unpaired) electrons. The van der Waals surface area contributed by atoms with Crippen molar-refractivity contribution in [3.05, 3.63) is 48.0 Å². The van der Waals surface area contributed by atoms with Crippen molar-refractivity contribution in [2.24, 2.45) is 5.92 Å². The largest absolute Gasteiger partial charge is 0.497 e. The molecule has 1 fully saturated rings. The molecule has 3 heterocycles. The van der Waals surface area contributed by atoms with Crippen molar-refractivity contribution in [1.29, 1.82) is 0 Å². The Kier molecular flexibility index (Phi) is 4.93. The van der Waals surface area contributed by atoms with Crippen LogP contribution in [0, 0.1) is 5.92 Å². The van der Waals surface area contributed by atoms with Gasteiger partial charge >= 0.3 is 0 Å². The maximum atomic E-state index is 13.2. The van der Waals surface area contributed by atoms with Crippen LogP contribution >= 0.6 is 0 Å². The Balaban J connectivity index is 1.59. The highest BCUT2D eigenvalue weighted by Crippen LogP contribution is 2.32. The number of imidazole rings is 1. The van der Waals surface area contributed by atoms with Gasteiger partial charge in [-0.3, -0.25) is 4.79 Å². The van der Waals surface area contributed by atoms with Crippen LogP contribution in [0.5, 0.6) is 5.75 Å². The third kappa shape index (κ3) is 3.46. The number of carbonyl (C=O) groups is 1. The fourth-order valence-corrected chi connectivity index (χ4v) is 3.92. The number of hydrogen-bond donors (Lipinski definition) is 0. The summed E-state index contributed by atoms with van der Waals surface area (Å²) in [6.07, 6.45) is 6.33. The number of rotatable bonds is 4. The summed E-state index contributed by atoms with van der Waals surface area (Å²) in [4.78, 5) is 19.6. The zero-order valence-electron chi connectivity index (χ0n) is 15.1. The van der Waals surface area contributed by atoms with Crippen LogP contribution in [-0.4, -0.2) is 40.7 Å². The maximum absolute atomic E-state index is 13.2. The van der Waals surface area contributed by atoms with Gasteiger partial charge in [-0.05, 0) is 36.5 Å². The smallest absolute Gasteiger partial charge is 0.223 e. The molecule has 2 aliphatic heterocycles. The molecule has 0 bridgehead atoms. The number of nitrogens with zero attached hydrogens (tertiary/aromatic N) is 3. The molecule has 2 aliphatic rings. The Labute approximate surface area is 153 Å². The topological polar surface area (TPSA) is 56.6 Å². The summed E-state index contributed by atoms with van der Waals surface area (Å²) in [6.45, 7) is 2.81. The lowest BCUT2D eigenvalue weighted by molar-refractivity contribution is -0.137. The normalized spacial score (nSPS) is 20.7. The van der Waals surface area contributed by atoms with Crippen LogP contribution in [0.1, 0.15) is 36.7 Å². The van der Waals surface area contributed by atoms with E-state index in [4.69, 9.17) is 9.47 Å². The first-order chi connectivity index (χ1) is 12.7. The van der Waals surface area contributed by atoms with Crippen molar-refractivity contribution in [1.82, 2.24) is 14.5 Å². The van der Waals surface area contributed by atoms with Gasteiger partial charge in [0.2, 0.25) is 5.91 Å². The molecule has 26 heavy (non-hydrogen) atoms. The Morgan fingerprint density at radius 1 is 1.35 bits per heavy atom. The lowest BCUT2D eigenvalue weighted by Crippen LogP contribution is -2.42. The molecule has 6 nitrogen and oxygen atoms in total. The van der Waals surface area contributed by atoms with E-state index in [0.29, 0.717) is 18.9 Å². The van der Waals surface area contributed by atoms with Gasteiger partial charge < -0.3 is 18.9 Å². The summed E-state index contributed by atoms with van der Waals surface area (Å²) in [7, 11) is 1.67. The summed E-state index contributed by atoms with van der Waals surface area (Å²) in [5.74, 6) is 2.39. The van der Waals surface area contributed by atoms with Crippen LogP contribution in [0.2, 0.25) is 0 Å². The van der Waals surface area contributed by atoms with E-state index in [2.05, 4.69) is 15.6 Å². The number of hydrogen-bond acceptors (Lipinski definition) is 4. The van der Waals surface area contributed by atoms with Gasteiger partial charge in [0.25, 0.3) is 0 Å². The Bertz CT molecular complexity index is 767. The molecule has 4 rings (SSSR count). The number of fused-ring (bicyclic) bond motifs is 1. The minimum atomic E-state index is -0.000796. The molecule has 0 saturated carbocycles. The summed E-state index contributed by atoms with van der Waals surface area (Å²) in [5.41, 5.74) is 1.10. The second-order valence-corrected chi connectivity index (χ2v) is 7.07. The SMILES string of the molecule is COc1cccc([C@@H]2Cn3ccnc3CN2C(=O)CC2CCOCC2)c1. The second-order valence-electron chi connectivity index (χ2n) is 7.07. The van der Waals surface area contributed by atoms with Gasteiger partial charge in [-0.25, -0.2) is 4.98 Å². The van der Waals surface area contributed by atoms with Gasteiger partial charge in [0.15, 0.2) is 0 Å². The third-order valence-electron chi connectivity index (χ3n) is 5.46. The summed E-state index contributed by atoms with van der Waals surface area (Å²) >= 11 is 0. The van der Waals surface area contributed by atoms with Crippen LogP contribution < -0.4 is 4.74 Å². The number of ether oxygens (including phenoxy) is 2. The number of aromatic nitrogens is 2. The molecule has 1 amide bonds. The average molecular weight is 355 g/mol. The second kappa shape index (κ2) is 7.50. The Hall–Kier alpha value is -2.34. The standard InChI is InChI=1S/C20H25N3O3/c1-25-17-4-2-3-16(12-17)18-13-22-8-7-21-19(22)14-23(18)20(24)11-15-5-9-26-10-6-15/h2-4,7-8,12,15,18H,5-6,9-11,13-14H2,1H3/t18-/m0/s1. The van der Waals surface area contributed by atoms with E-state index in [0.717, 1.165) is 49.7 Å². The van der Waals surface area contributed by atoms with Crippen LogP contribution in [-0.2, 0) is 22.6 Å². The van der Waals surface area contributed by atoms with Gasteiger partial charge in [0.05, 0.1) is 19.7 Å². The van der Waals surface area contributed by atoms with Crippen molar-refractivity contribution in [3.63, 3.8) is 0 Å². The summed E-state index contributed by atoms with van der Waals surface area (Å²) in [6, 6.07) is 8.02. The summed E-state index contributed by atoms with van der Waals surface area (Å²) < 4.78 is 12.9. The first kappa shape index (κ1) is 17.1. The molecule has 6 heteroatoms. The molecule has 2 aromatic rings. The minimum Gasteiger partial charge on any atom is -0.497 e. The fraction of sp³-hybridized carbons (Fsp3) is 0.500. The van der Waals surface area contributed by atoms with Gasteiger partial charge in [0.1, 0.15) is 11.6 Å². The van der Waals surface area contributed by atoms with E-state index >= 15 is 0 Å². The molecule has 1 saturated heterocycles. The molecule has 1 aromatic carbocycles. The van der Waals surface area contributed by atoms with Crippen molar-refractivity contribution in [2.75, 3.05) is 20.3 Å². The van der Waals surface area contributed by atoms with Crippen LogP contribution in [0.4, 0.5) is 0 Å². The molecule has 1 aromatic heterocycles. The van der Waals surface area contributed by atoms with Crippen LogP contribution in [0.3, 0.4) is 0 Å². The number of carbonyl (C=O) groups excluding carboxylic acids is 1. The summed E-state index contributed by atoms with van der Waals surface area (Å²) in [5, 5.41) is 0. The van der Waals surface area contributed by atoms with Crippen LogP contribution in [0.25, 0.3) is 0 Å².